The van der Waals surface area contributed by atoms with Crippen LogP contribution in [0.3, 0.4) is 0 Å². The summed E-state index contributed by atoms with van der Waals surface area (Å²) in [4.78, 5) is 4.45. The van der Waals surface area contributed by atoms with Crippen LogP contribution in [0.4, 0.5) is 5.69 Å². The van der Waals surface area contributed by atoms with Gasteiger partial charge in [0.25, 0.3) is 10.0 Å². The fourth-order valence-electron chi connectivity index (χ4n) is 2.47. The van der Waals surface area contributed by atoms with Crippen LogP contribution >= 0.6 is 11.6 Å². The van der Waals surface area contributed by atoms with Gasteiger partial charge in [-0.15, -0.1) is 0 Å². The van der Waals surface area contributed by atoms with Gasteiger partial charge in [-0.25, -0.2) is 13.4 Å². The van der Waals surface area contributed by atoms with Gasteiger partial charge in [-0.1, -0.05) is 11.6 Å². The molecule has 1 fully saturated rings. The fourth-order valence-corrected chi connectivity index (χ4v) is 3.66. The van der Waals surface area contributed by atoms with E-state index >= 15 is 0 Å². The highest BCUT2D eigenvalue weighted by atomic mass is 35.5. The highest BCUT2D eigenvalue weighted by Crippen LogP contribution is 2.40. The lowest BCUT2D eigenvalue weighted by molar-refractivity contribution is 0.509. The summed E-state index contributed by atoms with van der Waals surface area (Å²) in [5.74, 6) is 1.85. The molecule has 2 aromatic carbocycles. The molecule has 0 unspecified atom stereocenters. The van der Waals surface area contributed by atoms with E-state index in [0.29, 0.717) is 22.4 Å². The highest BCUT2D eigenvalue weighted by Gasteiger charge is 2.28. The molecule has 0 amide bonds. The van der Waals surface area contributed by atoms with Crippen LogP contribution in [0.15, 0.2) is 64.0 Å². The van der Waals surface area contributed by atoms with Gasteiger partial charge in [0.2, 0.25) is 0 Å². The molecule has 3 aromatic rings. The number of hydrogen-bond acceptors (Lipinski definition) is 4. The molecule has 0 aliphatic heterocycles. The molecule has 1 heterocycles. The van der Waals surface area contributed by atoms with Crippen molar-refractivity contribution in [2.24, 2.45) is 0 Å². The quantitative estimate of drug-likeness (QED) is 0.704. The monoisotopic (exact) mass is 374 g/mol. The number of halogens is 1. The van der Waals surface area contributed by atoms with Crippen molar-refractivity contribution in [2.75, 3.05) is 4.72 Å². The maximum absolute atomic E-state index is 12.5. The summed E-state index contributed by atoms with van der Waals surface area (Å²) in [5.41, 5.74) is 1.25. The van der Waals surface area contributed by atoms with E-state index in [9.17, 15) is 8.42 Å². The Morgan fingerprint density at radius 2 is 1.72 bits per heavy atom. The predicted molar refractivity (Wildman–Crippen MR) is 96.2 cm³/mol. The van der Waals surface area contributed by atoms with Crippen LogP contribution in [0.2, 0.25) is 5.02 Å². The number of oxazole rings is 1. The lowest BCUT2D eigenvalue weighted by atomic mass is 10.2. The summed E-state index contributed by atoms with van der Waals surface area (Å²) < 4.78 is 33.2. The minimum atomic E-state index is -3.66. The van der Waals surface area contributed by atoms with Gasteiger partial charge in [-0.3, -0.25) is 4.72 Å². The van der Waals surface area contributed by atoms with Crippen molar-refractivity contribution in [3.63, 3.8) is 0 Å². The smallest absolute Gasteiger partial charge is 0.261 e. The second kappa shape index (κ2) is 6.20. The Kier molecular flexibility index (Phi) is 4.01. The number of sulfonamides is 1. The summed E-state index contributed by atoms with van der Waals surface area (Å²) in [5, 5.41) is 0.546. The van der Waals surface area contributed by atoms with Crippen molar-refractivity contribution in [3.05, 3.63) is 65.6 Å². The first kappa shape index (κ1) is 16.2. The minimum Gasteiger partial charge on any atom is -0.440 e. The lowest BCUT2D eigenvalue weighted by Gasteiger charge is -2.08. The van der Waals surface area contributed by atoms with Crippen molar-refractivity contribution >= 4 is 27.3 Å². The summed E-state index contributed by atoms with van der Waals surface area (Å²) in [6.45, 7) is 0. The van der Waals surface area contributed by atoms with Crippen LogP contribution in [0.1, 0.15) is 24.7 Å². The second-order valence-corrected chi connectivity index (χ2v) is 8.09. The molecule has 7 heteroatoms. The Morgan fingerprint density at radius 3 is 2.36 bits per heavy atom. The normalized spacial score (nSPS) is 14.4. The molecule has 5 nitrogen and oxygen atoms in total. The number of nitrogens with one attached hydrogen (secondary N) is 1. The van der Waals surface area contributed by atoms with Gasteiger partial charge in [0.15, 0.2) is 11.7 Å². The number of anilines is 1. The average Bonchev–Trinajstić information content (AvgIpc) is 3.34. The van der Waals surface area contributed by atoms with E-state index < -0.39 is 10.0 Å². The summed E-state index contributed by atoms with van der Waals surface area (Å²) in [6, 6.07) is 13.0. The second-order valence-electron chi connectivity index (χ2n) is 5.97. The van der Waals surface area contributed by atoms with Crippen LogP contribution in [-0.2, 0) is 10.0 Å². The first-order valence-electron chi connectivity index (χ1n) is 7.86. The Labute approximate surface area is 150 Å². The Bertz CT molecular complexity index is 992. The summed E-state index contributed by atoms with van der Waals surface area (Å²) >= 11 is 5.81. The van der Waals surface area contributed by atoms with Gasteiger partial charge in [-0.05, 0) is 61.4 Å². The molecule has 1 saturated carbocycles. The van der Waals surface area contributed by atoms with Crippen molar-refractivity contribution in [2.45, 2.75) is 23.7 Å². The standard InChI is InChI=1S/C18H15ClN2O3S/c19-14-5-7-15(8-6-14)21-25(22,23)16-9-3-12(4-10-16)17-11-20-18(24-17)13-1-2-13/h3-11,13,21H,1-2H2. The van der Waals surface area contributed by atoms with Gasteiger partial charge in [0.1, 0.15) is 0 Å². The third-order valence-electron chi connectivity index (χ3n) is 4.00. The van der Waals surface area contributed by atoms with Crippen molar-refractivity contribution in [3.8, 4) is 11.3 Å². The minimum absolute atomic E-state index is 0.174. The number of nitrogens with zero attached hydrogens (tertiary/aromatic N) is 1. The Balaban J connectivity index is 1.54. The van der Waals surface area contributed by atoms with Crippen LogP contribution < -0.4 is 4.72 Å². The molecular formula is C18H15ClN2O3S. The van der Waals surface area contributed by atoms with Crippen molar-refractivity contribution in [1.82, 2.24) is 4.98 Å². The van der Waals surface area contributed by atoms with E-state index in [1.807, 2.05) is 0 Å². The molecule has 1 aliphatic rings. The fraction of sp³-hybridized carbons (Fsp3) is 0.167. The molecule has 25 heavy (non-hydrogen) atoms. The predicted octanol–water partition coefficient (Wildman–Crippen LogP) is 4.67. The molecule has 1 aliphatic carbocycles. The van der Waals surface area contributed by atoms with E-state index in [4.69, 9.17) is 16.0 Å². The maximum Gasteiger partial charge on any atom is 0.261 e. The molecule has 0 bridgehead atoms. The number of rotatable bonds is 5. The number of benzene rings is 2. The van der Waals surface area contributed by atoms with Crippen molar-refractivity contribution in [1.29, 1.82) is 0 Å². The zero-order chi connectivity index (χ0) is 17.4. The first-order chi connectivity index (χ1) is 12.0. The molecule has 0 atom stereocenters. The summed E-state index contributed by atoms with van der Waals surface area (Å²) in [6.07, 6.45) is 3.92. The highest BCUT2D eigenvalue weighted by molar-refractivity contribution is 7.92. The third-order valence-corrected chi connectivity index (χ3v) is 5.64. The van der Waals surface area contributed by atoms with Gasteiger partial charge in [0, 0.05) is 22.2 Å². The van der Waals surface area contributed by atoms with E-state index in [1.54, 1.807) is 54.7 Å². The van der Waals surface area contributed by atoms with Gasteiger partial charge in [0.05, 0.1) is 11.1 Å². The van der Waals surface area contributed by atoms with Gasteiger partial charge in [-0.2, -0.15) is 0 Å². The van der Waals surface area contributed by atoms with Crippen LogP contribution in [0.5, 0.6) is 0 Å². The van der Waals surface area contributed by atoms with E-state index in [1.165, 1.54) is 0 Å². The molecule has 0 spiro atoms. The molecular weight excluding hydrogens is 360 g/mol. The zero-order valence-electron chi connectivity index (χ0n) is 13.1. The largest absolute Gasteiger partial charge is 0.440 e. The Morgan fingerprint density at radius 1 is 1.04 bits per heavy atom. The first-order valence-corrected chi connectivity index (χ1v) is 9.72. The molecule has 4 rings (SSSR count). The molecule has 1 aromatic heterocycles. The SMILES string of the molecule is O=S(=O)(Nc1ccc(Cl)cc1)c1ccc(-c2cnc(C3CC3)o2)cc1. The van der Waals surface area contributed by atoms with Crippen LogP contribution in [-0.4, -0.2) is 13.4 Å². The van der Waals surface area contributed by atoms with Crippen LogP contribution in [0.25, 0.3) is 11.3 Å². The number of hydrogen-bond donors (Lipinski definition) is 1. The molecule has 128 valence electrons. The van der Waals surface area contributed by atoms with E-state index in [0.717, 1.165) is 24.3 Å². The van der Waals surface area contributed by atoms with Gasteiger partial charge < -0.3 is 4.42 Å². The van der Waals surface area contributed by atoms with Crippen molar-refractivity contribution < 1.29 is 12.8 Å². The zero-order valence-corrected chi connectivity index (χ0v) is 14.7. The topological polar surface area (TPSA) is 72.2 Å². The van der Waals surface area contributed by atoms with E-state index in [2.05, 4.69) is 9.71 Å². The molecule has 0 radical (unpaired) electrons. The van der Waals surface area contributed by atoms with Gasteiger partial charge >= 0.3 is 0 Å². The van der Waals surface area contributed by atoms with E-state index in [-0.39, 0.29) is 4.90 Å². The van der Waals surface area contributed by atoms with Crippen LogP contribution in [0, 0.1) is 0 Å². The lowest BCUT2D eigenvalue weighted by Crippen LogP contribution is -2.12. The Hall–Kier alpha value is -2.31. The molecule has 0 saturated heterocycles. The number of aromatic nitrogens is 1. The summed E-state index contributed by atoms with van der Waals surface area (Å²) in [7, 11) is -3.66. The third kappa shape index (κ3) is 3.55. The average molecular weight is 375 g/mol. The maximum atomic E-state index is 12.5. The molecule has 1 N–H and O–H groups in total.